The first-order chi connectivity index (χ1) is 43.9. The molecule has 21 heterocycles. The Labute approximate surface area is 528 Å². The lowest BCUT2D eigenvalue weighted by Gasteiger charge is -2.51. The van der Waals surface area contributed by atoms with E-state index >= 15 is 0 Å². The maximum atomic E-state index is 12.3. The average Bonchev–Trinajstić information content (AvgIpc) is 0.842. The van der Waals surface area contributed by atoms with E-state index in [4.69, 9.17) is 133 Å². The van der Waals surface area contributed by atoms with Crippen molar-refractivity contribution < 1.29 is 168 Å². The molecule has 35 nitrogen and oxygen atoms in total. The standard InChI is InChI=1S/C56H98O35/c1-64-15-22-36-29(57)43(71-8)50(78-22)86-37-23(16-65-2)80-52(45(73-10)30(37)58)88-39-25(18-67-4)82-54(47(75-12)32(39)60)90-41-27(20-69-6)84-56(49(77-14)34(41)62)91-42-28(21-70-7)83-55(48(76-13)35(42)63)89-40-26(19-68-5)81-53(46(74-11)33(40)61)87-38-24(17-66-3)79-51(85-36)44(72-9)31(38)59/h22-63H,15-21H2,1-14H3. The van der Waals surface area contributed by atoms with Crippen LogP contribution in [0.25, 0.3) is 0 Å². The number of hydrogen-bond donors (Lipinski definition) is 7. The zero-order chi connectivity index (χ0) is 66.0. The topological polar surface area (TPSA) is 400 Å². The van der Waals surface area contributed by atoms with Crippen molar-refractivity contribution in [2.24, 2.45) is 0 Å². The number of ether oxygens (including phenoxy) is 28. The fraction of sp³-hybridized carbons (Fsp3) is 1.00. The molecule has 91 heavy (non-hydrogen) atoms. The van der Waals surface area contributed by atoms with Crippen LogP contribution in [0.2, 0.25) is 0 Å². The van der Waals surface area contributed by atoms with E-state index < -0.39 is 215 Å². The van der Waals surface area contributed by atoms with Crippen LogP contribution < -0.4 is 0 Å². The van der Waals surface area contributed by atoms with Gasteiger partial charge in [0.2, 0.25) is 0 Å². The second-order valence-corrected chi connectivity index (χ2v) is 23.0. The van der Waals surface area contributed by atoms with Crippen molar-refractivity contribution in [2.45, 2.75) is 215 Å². The van der Waals surface area contributed by atoms with Gasteiger partial charge in [-0.2, -0.15) is 0 Å². The van der Waals surface area contributed by atoms with Crippen LogP contribution in [0.15, 0.2) is 0 Å². The molecular formula is C56H98O35. The minimum absolute atomic E-state index is 0.227. The summed E-state index contributed by atoms with van der Waals surface area (Å²) in [5.41, 5.74) is 0. The van der Waals surface area contributed by atoms with E-state index in [-0.39, 0.29) is 46.2 Å². The quantitative estimate of drug-likeness (QED) is 0.0562. The van der Waals surface area contributed by atoms with Crippen LogP contribution in [0.5, 0.6) is 0 Å². The lowest BCUT2D eigenvalue weighted by molar-refractivity contribution is -0.400. The molecule has 35 atom stereocenters. The highest BCUT2D eigenvalue weighted by atomic mass is 16.8. The molecule has 0 spiro atoms. The highest BCUT2D eigenvalue weighted by molar-refractivity contribution is 5.03. The Morgan fingerprint density at radius 2 is 0.297 bits per heavy atom. The van der Waals surface area contributed by atoms with E-state index in [1.165, 1.54) is 99.5 Å². The van der Waals surface area contributed by atoms with E-state index in [1.807, 2.05) is 0 Å². The molecule has 0 amide bonds. The van der Waals surface area contributed by atoms with Gasteiger partial charge in [0.1, 0.15) is 171 Å². The van der Waals surface area contributed by atoms with Crippen LogP contribution in [-0.2, 0) is 133 Å². The zero-order valence-electron chi connectivity index (χ0n) is 53.7. The normalized spacial score (nSPS) is 48.7. The molecule has 532 valence electrons. The van der Waals surface area contributed by atoms with Gasteiger partial charge in [0, 0.05) is 99.5 Å². The molecule has 21 saturated heterocycles. The monoisotopic (exact) mass is 1330 g/mol. The predicted octanol–water partition coefficient (Wildman–Crippen LogP) is -6.07. The van der Waals surface area contributed by atoms with Crippen molar-refractivity contribution in [3.05, 3.63) is 0 Å². The molecule has 21 aliphatic heterocycles. The Bertz CT molecular complexity index is 1680. The highest BCUT2D eigenvalue weighted by Crippen LogP contribution is 2.41. The zero-order valence-corrected chi connectivity index (χ0v) is 53.7. The Kier molecular flexibility index (Phi) is 29.3. The molecule has 35 heteroatoms. The van der Waals surface area contributed by atoms with Crippen molar-refractivity contribution >= 4 is 0 Å². The summed E-state index contributed by atoms with van der Waals surface area (Å²) >= 11 is 0. The minimum atomic E-state index is -1.62. The predicted molar refractivity (Wildman–Crippen MR) is 295 cm³/mol. The molecule has 0 aromatic rings. The summed E-state index contributed by atoms with van der Waals surface area (Å²) in [4.78, 5) is 0. The second kappa shape index (κ2) is 35.4. The maximum Gasteiger partial charge on any atom is 0.187 e. The molecule has 7 N–H and O–H groups in total. The molecule has 21 aliphatic rings. The minimum Gasteiger partial charge on any atom is -0.387 e. The largest absolute Gasteiger partial charge is 0.387 e. The number of hydrogen-bond acceptors (Lipinski definition) is 35. The Morgan fingerprint density at radius 1 is 0.187 bits per heavy atom. The third-order valence-electron chi connectivity index (χ3n) is 17.6. The third-order valence-corrected chi connectivity index (χ3v) is 17.6. The first-order valence-electron chi connectivity index (χ1n) is 30.0. The maximum absolute atomic E-state index is 12.3. The molecule has 0 aromatic carbocycles. The van der Waals surface area contributed by atoms with E-state index in [2.05, 4.69) is 0 Å². The van der Waals surface area contributed by atoms with Crippen LogP contribution in [0.4, 0.5) is 0 Å². The van der Waals surface area contributed by atoms with E-state index in [9.17, 15) is 35.7 Å². The van der Waals surface area contributed by atoms with Crippen LogP contribution in [-0.4, -0.2) is 396 Å². The van der Waals surface area contributed by atoms with E-state index in [0.29, 0.717) is 0 Å². The van der Waals surface area contributed by atoms with Gasteiger partial charge >= 0.3 is 0 Å². The molecule has 21 fully saturated rings. The smallest absolute Gasteiger partial charge is 0.187 e. The van der Waals surface area contributed by atoms with Gasteiger partial charge in [-0.05, 0) is 0 Å². The van der Waals surface area contributed by atoms with Crippen molar-refractivity contribution in [3.8, 4) is 0 Å². The molecular weight excluding hydrogens is 1230 g/mol. The number of rotatable bonds is 21. The SMILES string of the molecule is COCC1OC2OC3C(COC)OC(OC4C(COC)OC(OC5C(COC)OC(OC6C(COC)OC(OC7C(COC)OC(OC8C(COC)OC(OC1C(O)C2OC)C(OC)C8O)C(OC)C7O)C(OC)C6O)C(OC)C5O)C(OC)C4O)C(OC)C3O. The summed E-state index contributed by atoms with van der Waals surface area (Å²) in [6, 6.07) is 0. The van der Waals surface area contributed by atoms with Gasteiger partial charge in [0.05, 0.1) is 46.2 Å². The van der Waals surface area contributed by atoms with Gasteiger partial charge in [0.25, 0.3) is 0 Å². The van der Waals surface area contributed by atoms with Crippen LogP contribution in [0.3, 0.4) is 0 Å². The van der Waals surface area contributed by atoms with Crippen molar-refractivity contribution in [1.82, 2.24) is 0 Å². The molecule has 0 aliphatic carbocycles. The fourth-order valence-corrected chi connectivity index (χ4v) is 13.1. The first-order valence-corrected chi connectivity index (χ1v) is 30.0. The van der Waals surface area contributed by atoms with E-state index in [0.717, 1.165) is 0 Å². The average molecular weight is 1330 g/mol. The lowest BCUT2D eigenvalue weighted by Crippen LogP contribution is -2.69. The van der Waals surface area contributed by atoms with Crippen molar-refractivity contribution in [1.29, 1.82) is 0 Å². The van der Waals surface area contributed by atoms with Gasteiger partial charge < -0.3 is 168 Å². The number of aliphatic hydroxyl groups excluding tert-OH is 7. The van der Waals surface area contributed by atoms with Crippen molar-refractivity contribution in [3.63, 3.8) is 0 Å². The van der Waals surface area contributed by atoms with Gasteiger partial charge in [-0.25, -0.2) is 0 Å². The summed E-state index contributed by atoms with van der Waals surface area (Å²) in [6.45, 7) is -1.59. The van der Waals surface area contributed by atoms with Crippen LogP contribution >= 0.6 is 0 Å². The molecule has 0 saturated carbocycles. The lowest BCUT2D eigenvalue weighted by atomic mass is 9.95. The fourth-order valence-electron chi connectivity index (χ4n) is 13.1. The van der Waals surface area contributed by atoms with Gasteiger partial charge in [-0.1, -0.05) is 0 Å². The van der Waals surface area contributed by atoms with Gasteiger partial charge in [-0.3, -0.25) is 0 Å². The Morgan fingerprint density at radius 3 is 0.385 bits per heavy atom. The summed E-state index contributed by atoms with van der Waals surface area (Å²) < 4.78 is 171. The van der Waals surface area contributed by atoms with Crippen molar-refractivity contribution in [2.75, 3.05) is 146 Å². The first kappa shape index (κ1) is 75.4. The third kappa shape index (κ3) is 16.3. The highest BCUT2D eigenvalue weighted by Gasteiger charge is 2.61. The number of methoxy groups -OCH3 is 14. The van der Waals surface area contributed by atoms with E-state index in [1.54, 1.807) is 0 Å². The molecule has 14 bridgehead atoms. The van der Waals surface area contributed by atoms with Gasteiger partial charge in [0.15, 0.2) is 44.0 Å². The Hall–Kier alpha value is -1.40. The van der Waals surface area contributed by atoms with Gasteiger partial charge in [-0.15, -0.1) is 0 Å². The molecule has 0 radical (unpaired) electrons. The summed E-state index contributed by atoms with van der Waals surface area (Å²) in [5.74, 6) is 0. The Balaban J connectivity index is 1.17. The molecule has 21 rings (SSSR count). The molecule has 35 unspecified atom stereocenters. The van der Waals surface area contributed by atoms with Crippen LogP contribution in [0, 0.1) is 0 Å². The number of aliphatic hydroxyl groups is 7. The summed E-state index contributed by atoms with van der Waals surface area (Å²) in [6.07, 6.45) is -49.4. The summed E-state index contributed by atoms with van der Waals surface area (Å²) in [5, 5.41) is 86.2. The summed E-state index contributed by atoms with van der Waals surface area (Å²) in [7, 11) is 18.7. The second-order valence-electron chi connectivity index (χ2n) is 23.0. The molecule has 0 aromatic heterocycles. The van der Waals surface area contributed by atoms with Crippen LogP contribution in [0.1, 0.15) is 0 Å².